The van der Waals surface area contributed by atoms with E-state index in [1.54, 1.807) is 0 Å². The van der Waals surface area contributed by atoms with Gasteiger partial charge >= 0.3 is 89.9 Å². The van der Waals surface area contributed by atoms with Crippen molar-refractivity contribution in [1.29, 1.82) is 0 Å². The van der Waals surface area contributed by atoms with E-state index in [2.05, 4.69) is 6.92 Å². The standard InChI is InChI=1S/C10H21.Na/c1-3-5-7-9-10-8-6-4-2;/h1,3-10H2,2H3;. The summed E-state index contributed by atoms with van der Waals surface area (Å²) in [6, 6.07) is 0. The molecule has 0 aromatic carbocycles. The van der Waals surface area contributed by atoms with Crippen LogP contribution in [0.4, 0.5) is 0 Å². The van der Waals surface area contributed by atoms with E-state index in [1.165, 1.54) is 83.0 Å². The third-order valence-corrected chi connectivity index (χ3v) is 2.91. The molecule has 0 saturated heterocycles. The molecule has 0 radical (unpaired) electrons. The van der Waals surface area contributed by atoms with Crippen molar-refractivity contribution in [1.82, 2.24) is 0 Å². The summed E-state index contributed by atoms with van der Waals surface area (Å²) in [6.07, 6.45) is 11.7. The van der Waals surface area contributed by atoms with Crippen LogP contribution in [0.2, 0.25) is 3.67 Å². The zero-order valence-corrected chi connectivity index (χ0v) is 10.4. The van der Waals surface area contributed by atoms with E-state index in [0.717, 1.165) is 0 Å². The minimum absolute atomic E-state index is 1.38. The average molecular weight is 164 g/mol. The molecule has 0 aliphatic carbocycles. The van der Waals surface area contributed by atoms with E-state index in [9.17, 15) is 0 Å². The van der Waals surface area contributed by atoms with Crippen LogP contribution >= 0.6 is 0 Å². The van der Waals surface area contributed by atoms with Crippen molar-refractivity contribution in [3.05, 3.63) is 0 Å². The maximum absolute atomic E-state index is 2.28. The maximum atomic E-state index is 2.28. The summed E-state index contributed by atoms with van der Waals surface area (Å²) in [5, 5.41) is 0. The van der Waals surface area contributed by atoms with Gasteiger partial charge in [-0.15, -0.1) is 0 Å². The summed E-state index contributed by atoms with van der Waals surface area (Å²) in [5.41, 5.74) is 0. The normalized spacial score (nSPS) is 10.5. The summed E-state index contributed by atoms with van der Waals surface area (Å²) in [4.78, 5) is 0. The molecule has 1 heteroatoms. The molecule has 0 spiro atoms. The molecule has 0 bridgehead atoms. The second-order valence-corrected chi connectivity index (χ2v) is 4.47. The predicted molar refractivity (Wildman–Crippen MR) is 53.2 cm³/mol. The van der Waals surface area contributed by atoms with Crippen molar-refractivity contribution in [2.45, 2.75) is 62.0 Å². The van der Waals surface area contributed by atoms with E-state index >= 15 is 0 Å². The number of unbranched alkanes of at least 4 members (excludes halogenated alkanes) is 7. The van der Waals surface area contributed by atoms with Gasteiger partial charge in [0.05, 0.1) is 0 Å². The van der Waals surface area contributed by atoms with Crippen LogP contribution in [0, 0.1) is 0 Å². The first-order chi connectivity index (χ1) is 5.41. The molecule has 0 saturated carbocycles. The van der Waals surface area contributed by atoms with Crippen LogP contribution in [0.5, 0.6) is 0 Å². The van der Waals surface area contributed by atoms with Crippen LogP contribution in [0.3, 0.4) is 0 Å². The van der Waals surface area contributed by atoms with E-state index in [-0.39, 0.29) is 0 Å². The zero-order valence-electron chi connectivity index (χ0n) is 8.36. The molecular weight excluding hydrogens is 143 g/mol. The molecule has 0 unspecified atom stereocenters. The topological polar surface area (TPSA) is 0 Å². The van der Waals surface area contributed by atoms with Gasteiger partial charge in [0.25, 0.3) is 0 Å². The molecule has 0 aromatic rings. The molecule has 0 heterocycles. The van der Waals surface area contributed by atoms with E-state index < -0.39 is 0 Å². The Morgan fingerprint density at radius 3 is 1.64 bits per heavy atom. The van der Waals surface area contributed by atoms with E-state index in [1.807, 2.05) is 0 Å². The summed E-state index contributed by atoms with van der Waals surface area (Å²) < 4.78 is 1.51. The van der Waals surface area contributed by atoms with Crippen LogP contribution in [-0.4, -0.2) is 27.9 Å². The fourth-order valence-electron chi connectivity index (χ4n) is 1.38. The van der Waals surface area contributed by atoms with Gasteiger partial charge in [0, 0.05) is 0 Å². The SMILES string of the molecule is CCCCCCCCC[CH2][Na]. The zero-order chi connectivity index (χ0) is 8.36. The van der Waals surface area contributed by atoms with Gasteiger partial charge in [-0.3, -0.25) is 0 Å². The Bertz CT molecular complexity index is 53.9. The van der Waals surface area contributed by atoms with Crippen LogP contribution in [0.15, 0.2) is 0 Å². The van der Waals surface area contributed by atoms with Gasteiger partial charge in [0.1, 0.15) is 0 Å². The van der Waals surface area contributed by atoms with Gasteiger partial charge in [0.2, 0.25) is 0 Å². The summed E-state index contributed by atoms with van der Waals surface area (Å²) >= 11 is 1.41. The Balaban J connectivity index is 2.69. The van der Waals surface area contributed by atoms with Crippen LogP contribution in [0.1, 0.15) is 58.3 Å². The van der Waals surface area contributed by atoms with Gasteiger partial charge < -0.3 is 0 Å². The molecule has 0 atom stereocenters. The Labute approximate surface area is 89.6 Å². The molecule has 0 aliphatic rings. The van der Waals surface area contributed by atoms with Gasteiger partial charge in [-0.1, -0.05) is 0 Å². The Morgan fingerprint density at radius 1 is 0.727 bits per heavy atom. The van der Waals surface area contributed by atoms with Crippen LogP contribution in [-0.2, 0) is 0 Å². The fourth-order valence-corrected chi connectivity index (χ4v) is 1.88. The minimum atomic E-state index is 1.38. The monoisotopic (exact) mass is 164 g/mol. The quantitative estimate of drug-likeness (QED) is 0.379. The van der Waals surface area contributed by atoms with Crippen molar-refractivity contribution in [3.8, 4) is 0 Å². The Hall–Kier alpha value is 1.00. The van der Waals surface area contributed by atoms with Gasteiger partial charge in [-0.25, -0.2) is 0 Å². The molecule has 0 aromatic heterocycles. The fraction of sp³-hybridized carbons (Fsp3) is 1.00. The number of rotatable bonds is 8. The molecule has 0 nitrogen and oxygen atoms in total. The molecule has 11 heavy (non-hydrogen) atoms. The van der Waals surface area contributed by atoms with Gasteiger partial charge in [-0.05, 0) is 0 Å². The van der Waals surface area contributed by atoms with Crippen molar-refractivity contribution in [2.75, 3.05) is 0 Å². The Kier molecular flexibility index (Phi) is 12.0. The van der Waals surface area contributed by atoms with E-state index in [4.69, 9.17) is 0 Å². The van der Waals surface area contributed by atoms with Crippen molar-refractivity contribution >= 4 is 27.9 Å². The molecule has 0 amide bonds. The van der Waals surface area contributed by atoms with E-state index in [0.29, 0.717) is 0 Å². The first-order valence-corrected chi connectivity index (χ1v) is 6.83. The summed E-state index contributed by atoms with van der Waals surface area (Å²) in [7, 11) is 0. The Morgan fingerprint density at radius 2 is 1.18 bits per heavy atom. The second-order valence-electron chi connectivity index (χ2n) is 3.47. The van der Waals surface area contributed by atoms with Crippen molar-refractivity contribution in [3.63, 3.8) is 0 Å². The first kappa shape index (κ1) is 12.0. The molecule has 0 fully saturated rings. The third-order valence-electron chi connectivity index (χ3n) is 2.21. The second kappa shape index (κ2) is 11.0. The van der Waals surface area contributed by atoms with Crippen molar-refractivity contribution in [2.24, 2.45) is 0 Å². The van der Waals surface area contributed by atoms with Crippen LogP contribution in [0.25, 0.3) is 0 Å². The van der Waals surface area contributed by atoms with Crippen molar-refractivity contribution < 1.29 is 0 Å². The number of hydrogen-bond donors (Lipinski definition) is 0. The molecule has 0 aliphatic heterocycles. The molecule has 0 N–H and O–H groups in total. The van der Waals surface area contributed by atoms with Crippen LogP contribution < -0.4 is 0 Å². The third kappa shape index (κ3) is 11.0. The predicted octanol–water partition coefficient (Wildman–Crippen LogP) is 3.71. The average Bonchev–Trinajstić information content (AvgIpc) is 2.03. The molecular formula is C10H21Na. The van der Waals surface area contributed by atoms with Gasteiger partial charge in [-0.2, -0.15) is 0 Å². The summed E-state index contributed by atoms with van der Waals surface area (Å²) in [5.74, 6) is 0. The number of hydrogen-bond acceptors (Lipinski definition) is 0. The molecule has 0 rings (SSSR count). The first-order valence-electron chi connectivity index (χ1n) is 5.41. The summed E-state index contributed by atoms with van der Waals surface area (Å²) in [6.45, 7) is 2.28. The van der Waals surface area contributed by atoms with Gasteiger partial charge in [0.15, 0.2) is 0 Å². The molecule has 62 valence electrons.